The summed E-state index contributed by atoms with van der Waals surface area (Å²) in [5.74, 6) is 2.00. The van der Waals surface area contributed by atoms with Crippen molar-refractivity contribution < 1.29 is 4.79 Å². The molecule has 5 nitrogen and oxygen atoms in total. The molecule has 0 unspecified atom stereocenters. The summed E-state index contributed by atoms with van der Waals surface area (Å²) >= 11 is 1.81. The van der Waals surface area contributed by atoms with Crippen LogP contribution in [-0.4, -0.2) is 26.4 Å². The van der Waals surface area contributed by atoms with E-state index in [0.29, 0.717) is 12.4 Å². The van der Waals surface area contributed by atoms with Gasteiger partial charge in [0.25, 0.3) is 0 Å². The van der Waals surface area contributed by atoms with Gasteiger partial charge in [-0.2, -0.15) is 16.9 Å². The minimum atomic E-state index is -0.406. The molecule has 2 rings (SSSR count). The Balaban J connectivity index is 2.26. The van der Waals surface area contributed by atoms with Crippen molar-refractivity contribution in [3.05, 3.63) is 47.0 Å². The van der Waals surface area contributed by atoms with Crippen molar-refractivity contribution in [3.63, 3.8) is 0 Å². The van der Waals surface area contributed by atoms with Crippen LogP contribution in [0.1, 0.15) is 48.8 Å². The first-order valence-corrected chi connectivity index (χ1v) is 8.99. The Kier molecular flexibility index (Phi) is 6.21. The zero-order valence-corrected chi connectivity index (χ0v) is 14.8. The molecule has 2 aromatic rings. The van der Waals surface area contributed by atoms with E-state index in [4.69, 9.17) is 5.73 Å². The van der Waals surface area contributed by atoms with Gasteiger partial charge in [0.2, 0.25) is 5.91 Å². The molecule has 0 bridgehead atoms. The first-order chi connectivity index (χ1) is 11.0. The van der Waals surface area contributed by atoms with Crippen LogP contribution in [0.4, 0.5) is 0 Å². The lowest BCUT2D eigenvalue weighted by Gasteiger charge is -2.11. The number of aromatic nitrogens is 3. The number of primary amides is 1. The van der Waals surface area contributed by atoms with Gasteiger partial charge in [-0.3, -0.25) is 4.79 Å². The zero-order valence-electron chi connectivity index (χ0n) is 14.0. The molecule has 124 valence electrons. The topological polar surface area (TPSA) is 73.8 Å². The molecule has 23 heavy (non-hydrogen) atoms. The highest BCUT2D eigenvalue weighted by Crippen LogP contribution is 2.27. The molecule has 6 heteroatoms. The summed E-state index contributed by atoms with van der Waals surface area (Å²) in [4.78, 5) is 15.7. The molecule has 0 aliphatic rings. The maximum atomic E-state index is 11.1. The van der Waals surface area contributed by atoms with Crippen molar-refractivity contribution in [2.45, 2.75) is 45.4 Å². The van der Waals surface area contributed by atoms with E-state index in [1.54, 1.807) is 0 Å². The first kappa shape index (κ1) is 17.5. The van der Waals surface area contributed by atoms with E-state index in [-0.39, 0.29) is 11.7 Å². The third-order valence-corrected chi connectivity index (χ3v) is 4.66. The molecular formula is C17H24N4OS. The lowest BCUT2D eigenvalue weighted by molar-refractivity contribution is -0.117. The molecule has 1 aromatic carbocycles. The number of hydrogen-bond donors (Lipinski definition) is 1. The van der Waals surface area contributed by atoms with Crippen LogP contribution in [0.2, 0.25) is 0 Å². The zero-order chi connectivity index (χ0) is 16.8. The highest BCUT2D eigenvalue weighted by Gasteiger charge is 2.17. The summed E-state index contributed by atoms with van der Waals surface area (Å²) in [5.41, 5.74) is 7.76. The molecule has 0 spiro atoms. The lowest BCUT2D eigenvalue weighted by Crippen LogP contribution is -2.15. The Bertz CT molecular complexity index is 651. The van der Waals surface area contributed by atoms with Gasteiger partial charge >= 0.3 is 0 Å². The van der Waals surface area contributed by atoms with Gasteiger partial charge in [0.15, 0.2) is 5.82 Å². The molecule has 1 aromatic heterocycles. The molecule has 0 fully saturated rings. The predicted octanol–water partition coefficient (Wildman–Crippen LogP) is 2.73. The van der Waals surface area contributed by atoms with Gasteiger partial charge < -0.3 is 5.73 Å². The Morgan fingerprint density at radius 3 is 2.48 bits per heavy atom. The van der Waals surface area contributed by atoms with E-state index in [9.17, 15) is 4.79 Å². The number of hydrogen-bond acceptors (Lipinski definition) is 4. The van der Waals surface area contributed by atoms with Crippen LogP contribution in [0.3, 0.4) is 0 Å². The summed E-state index contributed by atoms with van der Waals surface area (Å²) in [6.07, 6.45) is 1.11. The standard InChI is InChI=1S/C17H24N4OS/c1-4-13-6-8-14(9-7-13)11-21-17(12(3)23-5-2)19-16(20-21)10-15(18)22/h6-9,12H,4-5,10-11H2,1-3H3,(H2,18,22)/t12-/m1/s1. The molecule has 1 amide bonds. The fourth-order valence-electron chi connectivity index (χ4n) is 2.43. The Morgan fingerprint density at radius 1 is 1.26 bits per heavy atom. The second kappa shape index (κ2) is 8.15. The van der Waals surface area contributed by atoms with Crippen LogP contribution >= 0.6 is 11.8 Å². The quantitative estimate of drug-likeness (QED) is 0.806. The maximum absolute atomic E-state index is 11.1. The number of thioether (sulfide) groups is 1. The highest BCUT2D eigenvalue weighted by atomic mass is 32.2. The highest BCUT2D eigenvalue weighted by molar-refractivity contribution is 7.99. The van der Waals surface area contributed by atoms with Gasteiger partial charge in [0, 0.05) is 0 Å². The minimum Gasteiger partial charge on any atom is -0.369 e. The third kappa shape index (κ3) is 4.82. The van der Waals surface area contributed by atoms with Crippen LogP contribution < -0.4 is 5.73 Å². The number of aryl methyl sites for hydroxylation is 1. The summed E-state index contributed by atoms with van der Waals surface area (Å²) in [7, 11) is 0. The second-order valence-corrected chi connectivity index (χ2v) is 7.07. The van der Waals surface area contributed by atoms with Crippen LogP contribution in [-0.2, 0) is 24.2 Å². The maximum Gasteiger partial charge on any atom is 0.225 e. The van der Waals surface area contributed by atoms with Gasteiger partial charge in [-0.25, -0.2) is 9.67 Å². The van der Waals surface area contributed by atoms with Crippen molar-refractivity contribution in [1.29, 1.82) is 0 Å². The third-order valence-electron chi connectivity index (χ3n) is 3.62. The Hall–Kier alpha value is -1.82. The van der Waals surface area contributed by atoms with Crippen molar-refractivity contribution in [3.8, 4) is 0 Å². The van der Waals surface area contributed by atoms with Crippen molar-refractivity contribution in [1.82, 2.24) is 14.8 Å². The van der Waals surface area contributed by atoms with Crippen molar-refractivity contribution >= 4 is 17.7 Å². The second-order valence-electron chi connectivity index (χ2n) is 5.45. The Morgan fingerprint density at radius 2 is 1.91 bits per heavy atom. The van der Waals surface area contributed by atoms with E-state index >= 15 is 0 Å². The number of carbonyl (C=O) groups is 1. The average molecular weight is 332 g/mol. The summed E-state index contributed by atoms with van der Waals surface area (Å²) in [5, 5.41) is 4.71. The van der Waals surface area contributed by atoms with E-state index < -0.39 is 5.91 Å². The van der Waals surface area contributed by atoms with Gasteiger partial charge in [0.1, 0.15) is 5.82 Å². The fourth-order valence-corrected chi connectivity index (χ4v) is 3.25. The van der Waals surface area contributed by atoms with Gasteiger partial charge in [-0.05, 0) is 30.2 Å². The summed E-state index contributed by atoms with van der Waals surface area (Å²) in [6.45, 7) is 7.03. The number of nitrogens with two attached hydrogens (primary N) is 1. The van der Waals surface area contributed by atoms with Crippen LogP contribution in [0.25, 0.3) is 0 Å². The summed E-state index contributed by atoms with van der Waals surface area (Å²) < 4.78 is 1.90. The van der Waals surface area contributed by atoms with Gasteiger partial charge in [-0.15, -0.1) is 0 Å². The number of nitrogens with zero attached hydrogens (tertiary/aromatic N) is 3. The molecule has 0 saturated heterocycles. The summed E-state index contributed by atoms with van der Waals surface area (Å²) in [6, 6.07) is 8.52. The van der Waals surface area contributed by atoms with Gasteiger partial charge in [0.05, 0.1) is 18.2 Å². The van der Waals surface area contributed by atoms with E-state index in [0.717, 1.165) is 18.0 Å². The van der Waals surface area contributed by atoms with E-state index in [1.165, 1.54) is 11.1 Å². The molecule has 0 saturated carbocycles. The predicted molar refractivity (Wildman–Crippen MR) is 94.4 cm³/mol. The number of amides is 1. The molecule has 2 N–H and O–H groups in total. The molecular weight excluding hydrogens is 308 g/mol. The molecule has 1 atom stereocenters. The van der Waals surface area contributed by atoms with Crippen LogP contribution in [0.15, 0.2) is 24.3 Å². The molecule has 0 aliphatic heterocycles. The normalized spacial score (nSPS) is 12.3. The fraction of sp³-hybridized carbons (Fsp3) is 0.471. The van der Waals surface area contributed by atoms with E-state index in [2.05, 4.69) is 55.1 Å². The van der Waals surface area contributed by atoms with Crippen LogP contribution in [0.5, 0.6) is 0 Å². The number of carbonyl (C=O) groups excluding carboxylic acids is 1. The van der Waals surface area contributed by atoms with Crippen molar-refractivity contribution in [2.24, 2.45) is 5.73 Å². The number of rotatable bonds is 8. The smallest absolute Gasteiger partial charge is 0.225 e. The first-order valence-electron chi connectivity index (χ1n) is 7.94. The van der Waals surface area contributed by atoms with E-state index in [1.807, 2.05) is 16.4 Å². The SMILES string of the molecule is CCS[C@H](C)c1nc(CC(N)=O)nn1Cc1ccc(CC)cc1. The molecule has 0 aliphatic carbocycles. The lowest BCUT2D eigenvalue weighted by atomic mass is 10.1. The minimum absolute atomic E-state index is 0.0816. The molecule has 1 heterocycles. The van der Waals surface area contributed by atoms with Gasteiger partial charge in [-0.1, -0.05) is 38.1 Å². The average Bonchev–Trinajstić information content (AvgIpc) is 2.90. The van der Waals surface area contributed by atoms with Crippen LogP contribution in [0, 0.1) is 0 Å². The largest absolute Gasteiger partial charge is 0.369 e. The molecule has 0 radical (unpaired) electrons. The Labute approximate surface area is 141 Å². The number of benzene rings is 1. The van der Waals surface area contributed by atoms with Crippen molar-refractivity contribution in [2.75, 3.05) is 5.75 Å². The monoisotopic (exact) mass is 332 g/mol.